The summed E-state index contributed by atoms with van der Waals surface area (Å²) in [5.41, 5.74) is 7.44. The predicted octanol–water partition coefficient (Wildman–Crippen LogP) is 0.0540. The second kappa shape index (κ2) is 2.88. The molecule has 0 saturated heterocycles. The van der Waals surface area contributed by atoms with Crippen molar-refractivity contribution in [2.75, 3.05) is 7.05 Å². The summed E-state index contributed by atoms with van der Waals surface area (Å²) < 4.78 is 0. The molecule has 1 aliphatic rings. The van der Waals surface area contributed by atoms with Gasteiger partial charge in [0.1, 0.15) is 0 Å². The topological polar surface area (TPSA) is 58.4 Å². The molecular formula is C6H13N3O. The molecule has 0 aromatic rings. The van der Waals surface area contributed by atoms with Gasteiger partial charge in [0.05, 0.1) is 0 Å². The molecule has 0 unspecified atom stereocenters. The second-order valence-electron chi connectivity index (χ2n) is 2.67. The molecule has 1 rings (SSSR count). The average molecular weight is 143 g/mol. The highest BCUT2D eigenvalue weighted by Gasteiger charge is 2.22. The van der Waals surface area contributed by atoms with E-state index in [1.54, 1.807) is 5.01 Å². The summed E-state index contributed by atoms with van der Waals surface area (Å²) in [7, 11) is 1.84. The van der Waals surface area contributed by atoms with E-state index in [1.807, 2.05) is 7.05 Å². The monoisotopic (exact) mass is 143 g/mol. The minimum atomic E-state index is -0.477. The van der Waals surface area contributed by atoms with Crippen LogP contribution in [0.5, 0.6) is 0 Å². The van der Waals surface area contributed by atoms with Crippen LogP contribution in [-0.2, 0) is 0 Å². The normalized spacial score (nSPS) is 18.6. The lowest BCUT2D eigenvalue weighted by Crippen LogP contribution is -2.50. The zero-order valence-corrected chi connectivity index (χ0v) is 6.13. The fourth-order valence-electron chi connectivity index (χ4n) is 1.04. The Morgan fingerprint density at radius 3 is 2.60 bits per heavy atom. The van der Waals surface area contributed by atoms with Crippen molar-refractivity contribution in [1.29, 1.82) is 0 Å². The number of hydrogen-bond donors (Lipinski definition) is 2. The molecule has 3 N–H and O–H groups in total. The molecule has 0 atom stereocenters. The van der Waals surface area contributed by atoms with Gasteiger partial charge in [0.15, 0.2) is 0 Å². The Balaban J connectivity index is 2.19. The number of carbonyl (C=O) groups is 1. The number of nitrogens with one attached hydrogen (secondary N) is 1. The van der Waals surface area contributed by atoms with Gasteiger partial charge in [-0.05, 0) is 12.8 Å². The maximum atomic E-state index is 10.3. The lowest BCUT2D eigenvalue weighted by atomic mass is 9.93. The summed E-state index contributed by atoms with van der Waals surface area (Å²) in [6, 6.07) is 0.0295. The van der Waals surface area contributed by atoms with Gasteiger partial charge in [-0.1, -0.05) is 6.42 Å². The van der Waals surface area contributed by atoms with Crippen LogP contribution in [-0.4, -0.2) is 24.1 Å². The van der Waals surface area contributed by atoms with Gasteiger partial charge in [0, 0.05) is 13.1 Å². The van der Waals surface area contributed by atoms with Crippen LogP contribution in [0, 0.1) is 0 Å². The van der Waals surface area contributed by atoms with Crippen LogP contribution in [0.25, 0.3) is 0 Å². The number of carbonyl (C=O) groups excluding carboxylic acids is 1. The first-order valence-electron chi connectivity index (χ1n) is 3.49. The van der Waals surface area contributed by atoms with Crippen LogP contribution in [0.15, 0.2) is 0 Å². The Morgan fingerprint density at radius 2 is 2.30 bits per heavy atom. The maximum absolute atomic E-state index is 10.3. The zero-order chi connectivity index (χ0) is 7.56. The SMILES string of the molecule is CN(NC(N)=O)C1CCC1. The van der Waals surface area contributed by atoms with Crippen molar-refractivity contribution in [3.05, 3.63) is 0 Å². The highest BCUT2D eigenvalue weighted by atomic mass is 16.2. The number of hydrogen-bond acceptors (Lipinski definition) is 2. The van der Waals surface area contributed by atoms with E-state index >= 15 is 0 Å². The van der Waals surface area contributed by atoms with Gasteiger partial charge in [-0.15, -0.1) is 0 Å². The van der Waals surface area contributed by atoms with Crippen molar-refractivity contribution in [3.63, 3.8) is 0 Å². The van der Waals surface area contributed by atoms with E-state index in [0.29, 0.717) is 6.04 Å². The first-order chi connectivity index (χ1) is 4.70. The van der Waals surface area contributed by atoms with E-state index < -0.39 is 6.03 Å². The van der Waals surface area contributed by atoms with Gasteiger partial charge in [0.2, 0.25) is 0 Å². The van der Waals surface area contributed by atoms with Gasteiger partial charge >= 0.3 is 6.03 Å². The third-order valence-electron chi connectivity index (χ3n) is 1.91. The van der Waals surface area contributed by atoms with E-state index in [1.165, 1.54) is 6.42 Å². The first kappa shape index (κ1) is 7.34. The molecule has 0 aliphatic heterocycles. The molecule has 1 saturated carbocycles. The smallest absolute Gasteiger partial charge is 0.326 e. The van der Waals surface area contributed by atoms with E-state index in [0.717, 1.165) is 12.8 Å². The largest absolute Gasteiger partial charge is 0.351 e. The van der Waals surface area contributed by atoms with Crippen molar-refractivity contribution in [2.45, 2.75) is 25.3 Å². The van der Waals surface area contributed by atoms with Gasteiger partial charge in [-0.25, -0.2) is 9.80 Å². The molecule has 58 valence electrons. The Kier molecular flexibility index (Phi) is 2.11. The van der Waals surface area contributed by atoms with Crippen LogP contribution in [0.2, 0.25) is 0 Å². The fourth-order valence-corrected chi connectivity index (χ4v) is 1.04. The van der Waals surface area contributed by atoms with E-state index in [2.05, 4.69) is 5.43 Å². The van der Waals surface area contributed by atoms with Crippen molar-refractivity contribution in [1.82, 2.24) is 10.4 Å². The zero-order valence-electron chi connectivity index (χ0n) is 6.13. The van der Waals surface area contributed by atoms with Gasteiger partial charge in [0.25, 0.3) is 0 Å². The van der Waals surface area contributed by atoms with Crippen LogP contribution in [0.3, 0.4) is 0 Å². The van der Waals surface area contributed by atoms with Crippen LogP contribution in [0.1, 0.15) is 19.3 Å². The molecule has 0 aromatic heterocycles. The summed E-state index contributed by atoms with van der Waals surface area (Å²) >= 11 is 0. The maximum Gasteiger partial charge on any atom is 0.326 e. The lowest BCUT2D eigenvalue weighted by molar-refractivity contribution is 0.114. The number of primary amides is 1. The van der Waals surface area contributed by atoms with Crippen LogP contribution in [0.4, 0.5) is 4.79 Å². The molecule has 1 aliphatic carbocycles. The summed E-state index contributed by atoms with van der Waals surface area (Å²) in [5.74, 6) is 0. The van der Waals surface area contributed by atoms with Gasteiger partial charge < -0.3 is 5.73 Å². The molecule has 0 heterocycles. The van der Waals surface area contributed by atoms with Crippen LogP contribution >= 0.6 is 0 Å². The molecule has 10 heavy (non-hydrogen) atoms. The molecule has 0 radical (unpaired) electrons. The molecule has 4 nitrogen and oxygen atoms in total. The standard InChI is InChI=1S/C6H13N3O/c1-9(8-6(7)10)5-3-2-4-5/h5H,2-4H2,1H3,(H3,7,8,10). The number of urea groups is 1. The molecule has 0 spiro atoms. The molecular weight excluding hydrogens is 130 g/mol. The lowest BCUT2D eigenvalue weighted by Gasteiger charge is -2.33. The molecule has 2 amide bonds. The highest BCUT2D eigenvalue weighted by Crippen LogP contribution is 2.21. The summed E-state index contributed by atoms with van der Waals surface area (Å²) in [6.45, 7) is 0. The Labute approximate surface area is 60.3 Å². The van der Waals surface area contributed by atoms with Crippen molar-refractivity contribution in [3.8, 4) is 0 Å². The van der Waals surface area contributed by atoms with Gasteiger partial charge in [-0.2, -0.15) is 0 Å². The molecule has 4 heteroatoms. The third-order valence-corrected chi connectivity index (χ3v) is 1.91. The predicted molar refractivity (Wildman–Crippen MR) is 38.1 cm³/mol. The molecule has 0 aromatic carbocycles. The summed E-state index contributed by atoms with van der Waals surface area (Å²) in [4.78, 5) is 10.3. The second-order valence-corrected chi connectivity index (χ2v) is 2.67. The number of amides is 2. The summed E-state index contributed by atoms with van der Waals surface area (Å²) in [6.07, 6.45) is 3.59. The minimum absolute atomic E-state index is 0.477. The average Bonchev–Trinajstić information content (AvgIpc) is 1.55. The molecule has 0 bridgehead atoms. The van der Waals surface area contributed by atoms with Crippen molar-refractivity contribution < 1.29 is 4.79 Å². The van der Waals surface area contributed by atoms with Gasteiger partial charge in [-0.3, -0.25) is 5.43 Å². The minimum Gasteiger partial charge on any atom is -0.351 e. The first-order valence-corrected chi connectivity index (χ1v) is 3.49. The third kappa shape index (κ3) is 1.60. The van der Waals surface area contributed by atoms with Crippen LogP contribution < -0.4 is 11.2 Å². The Hall–Kier alpha value is -0.770. The fraction of sp³-hybridized carbons (Fsp3) is 0.833. The van der Waals surface area contributed by atoms with E-state index in [9.17, 15) is 4.79 Å². The molecule has 1 fully saturated rings. The summed E-state index contributed by atoms with van der Waals surface area (Å²) in [5, 5.41) is 1.78. The van der Waals surface area contributed by atoms with E-state index in [4.69, 9.17) is 5.73 Å². The quantitative estimate of drug-likeness (QED) is 0.537. The number of hydrazine groups is 1. The Morgan fingerprint density at radius 1 is 1.70 bits per heavy atom. The van der Waals surface area contributed by atoms with Crippen molar-refractivity contribution in [2.24, 2.45) is 5.73 Å². The number of nitrogens with zero attached hydrogens (tertiary/aromatic N) is 1. The highest BCUT2D eigenvalue weighted by molar-refractivity contribution is 5.70. The number of nitrogens with two attached hydrogens (primary N) is 1. The van der Waals surface area contributed by atoms with E-state index in [-0.39, 0.29) is 0 Å². The number of rotatable bonds is 2. The van der Waals surface area contributed by atoms with Crippen molar-refractivity contribution >= 4 is 6.03 Å². The Bertz CT molecular complexity index is 133.